The average molecular weight is 486 g/mol. The summed E-state index contributed by atoms with van der Waals surface area (Å²) in [4.78, 5) is 17.2. The SMILES string of the molecule is Cc1c(OCCCC#N)ccc(C(C)N2C[C@@H]3C[C@@H]2CN3C(=O)c2ccc(C(F)(F)F)cc2)c1C. The second-order valence-electron chi connectivity index (χ2n) is 9.46. The number of alkyl halides is 3. The van der Waals surface area contributed by atoms with Crippen LogP contribution in [-0.2, 0) is 6.18 Å². The number of benzene rings is 2. The van der Waals surface area contributed by atoms with E-state index in [1.807, 2.05) is 17.9 Å². The number of hydrogen-bond acceptors (Lipinski definition) is 4. The molecule has 0 N–H and O–H groups in total. The zero-order valence-corrected chi connectivity index (χ0v) is 20.2. The van der Waals surface area contributed by atoms with Crippen molar-refractivity contribution >= 4 is 5.91 Å². The number of nitriles is 1. The van der Waals surface area contributed by atoms with Crippen molar-refractivity contribution in [1.29, 1.82) is 5.26 Å². The second-order valence-corrected chi connectivity index (χ2v) is 9.46. The van der Waals surface area contributed by atoms with Crippen LogP contribution in [0.3, 0.4) is 0 Å². The van der Waals surface area contributed by atoms with Crippen molar-refractivity contribution in [3.05, 3.63) is 64.2 Å². The maximum absolute atomic E-state index is 13.0. The Morgan fingerprint density at radius 3 is 2.43 bits per heavy atom. The van der Waals surface area contributed by atoms with Crippen molar-refractivity contribution in [1.82, 2.24) is 9.80 Å². The molecule has 35 heavy (non-hydrogen) atoms. The summed E-state index contributed by atoms with van der Waals surface area (Å²) in [6, 6.07) is 11.1. The van der Waals surface area contributed by atoms with E-state index in [0.717, 1.165) is 36.4 Å². The largest absolute Gasteiger partial charge is 0.493 e. The predicted molar refractivity (Wildman–Crippen MR) is 126 cm³/mol. The van der Waals surface area contributed by atoms with Gasteiger partial charge < -0.3 is 9.64 Å². The first-order valence-electron chi connectivity index (χ1n) is 12.0. The van der Waals surface area contributed by atoms with Crippen LogP contribution in [0.25, 0.3) is 0 Å². The van der Waals surface area contributed by atoms with Crippen molar-refractivity contribution in [3.8, 4) is 11.8 Å². The molecule has 0 aliphatic carbocycles. The number of ether oxygens (including phenoxy) is 1. The van der Waals surface area contributed by atoms with Crippen LogP contribution in [0.4, 0.5) is 13.2 Å². The number of halogens is 3. The van der Waals surface area contributed by atoms with E-state index >= 15 is 0 Å². The number of carbonyl (C=O) groups is 1. The topological polar surface area (TPSA) is 56.6 Å². The van der Waals surface area contributed by atoms with E-state index in [-0.39, 0.29) is 24.0 Å². The number of carbonyl (C=O) groups excluding carboxylic acids is 1. The van der Waals surface area contributed by atoms with Gasteiger partial charge in [0.15, 0.2) is 0 Å². The molecule has 1 amide bonds. The van der Waals surface area contributed by atoms with Gasteiger partial charge in [0.1, 0.15) is 5.75 Å². The van der Waals surface area contributed by atoms with E-state index in [4.69, 9.17) is 10.00 Å². The summed E-state index contributed by atoms with van der Waals surface area (Å²) in [5, 5.41) is 8.68. The number of hydrogen-bond donors (Lipinski definition) is 0. The molecule has 2 fully saturated rings. The summed E-state index contributed by atoms with van der Waals surface area (Å²) in [7, 11) is 0. The Morgan fingerprint density at radius 1 is 1.11 bits per heavy atom. The highest BCUT2D eigenvalue weighted by Gasteiger charge is 2.47. The van der Waals surface area contributed by atoms with Crippen LogP contribution < -0.4 is 4.74 Å². The zero-order chi connectivity index (χ0) is 25.3. The van der Waals surface area contributed by atoms with Crippen LogP contribution >= 0.6 is 0 Å². The standard InChI is InChI=1S/C27H30F3N3O2/c1-17-18(2)25(35-13-5-4-12-31)11-10-24(17)19(3)32-15-23-14-22(32)16-33(23)26(34)20-6-8-21(9-7-20)27(28,29)30/h6-11,19,22-23H,4-5,13-16H2,1-3H3/t19?,22-,23+/m1/s1. The predicted octanol–water partition coefficient (Wildman–Crippen LogP) is 5.66. The molecule has 0 radical (unpaired) electrons. The molecule has 4 rings (SSSR count). The monoisotopic (exact) mass is 485 g/mol. The van der Waals surface area contributed by atoms with Gasteiger partial charge in [-0.15, -0.1) is 0 Å². The highest BCUT2D eigenvalue weighted by molar-refractivity contribution is 5.94. The second kappa shape index (κ2) is 9.90. The minimum atomic E-state index is -4.41. The molecule has 2 heterocycles. The molecule has 2 aliphatic rings. The van der Waals surface area contributed by atoms with Gasteiger partial charge in [-0.3, -0.25) is 9.69 Å². The Kier molecular flexibility index (Phi) is 7.09. The molecule has 2 aromatic rings. The van der Waals surface area contributed by atoms with Crippen LogP contribution in [0.2, 0.25) is 0 Å². The quantitative estimate of drug-likeness (QED) is 0.475. The molecule has 5 nitrogen and oxygen atoms in total. The highest BCUT2D eigenvalue weighted by Crippen LogP contribution is 2.39. The number of nitrogens with zero attached hydrogens (tertiary/aromatic N) is 3. The Bertz CT molecular complexity index is 1120. The summed E-state index contributed by atoms with van der Waals surface area (Å²) >= 11 is 0. The third-order valence-electron chi connectivity index (χ3n) is 7.42. The van der Waals surface area contributed by atoms with E-state index in [1.54, 1.807) is 0 Å². The van der Waals surface area contributed by atoms with E-state index in [1.165, 1.54) is 23.3 Å². The first-order chi connectivity index (χ1) is 16.6. The molecule has 1 unspecified atom stereocenters. The summed E-state index contributed by atoms with van der Waals surface area (Å²) in [5.74, 6) is 0.635. The van der Waals surface area contributed by atoms with Crippen LogP contribution in [0.1, 0.15) is 64.8 Å². The van der Waals surface area contributed by atoms with Gasteiger partial charge in [-0.2, -0.15) is 18.4 Å². The molecule has 3 atom stereocenters. The molecule has 2 saturated heterocycles. The molecular formula is C27H30F3N3O2. The van der Waals surface area contributed by atoms with Crippen LogP contribution in [0, 0.1) is 25.2 Å². The van der Waals surface area contributed by atoms with Crippen LogP contribution in [0.15, 0.2) is 36.4 Å². The Morgan fingerprint density at radius 2 is 1.83 bits per heavy atom. The minimum Gasteiger partial charge on any atom is -0.493 e. The molecule has 0 aromatic heterocycles. The maximum Gasteiger partial charge on any atom is 0.416 e. The molecule has 0 spiro atoms. The smallest absolute Gasteiger partial charge is 0.416 e. The minimum absolute atomic E-state index is 0.0568. The van der Waals surface area contributed by atoms with Gasteiger partial charge in [-0.1, -0.05) is 6.07 Å². The third-order valence-corrected chi connectivity index (χ3v) is 7.42. The zero-order valence-electron chi connectivity index (χ0n) is 20.2. The molecule has 2 aliphatic heterocycles. The Labute approximate surface area is 204 Å². The molecule has 2 aromatic carbocycles. The molecule has 2 bridgehead atoms. The summed E-state index contributed by atoms with van der Waals surface area (Å²) in [5.41, 5.74) is 3.04. The van der Waals surface area contributed by atoms with Crippen molar-refractivity contribution < 1.29 is 22.7 Å². The number of fused-ring (bicyclic) bond motifs is 2. The van der Waals surface area contributed by atoms with Crippen LogP contribution in [-0.4, -0.2) is 47.5 Å². The van der Waals surface area contributed by atoms with Crippen molar-refractivity contribution in [2.24, 2.45) is 0 Å². The lowest BCUT2D eigenvalue weighted by atomic mass is 9.96. The van der Waals surface area contributed by atoms with Gasteiger partial charge in [-0.25, -0.2) is 0 Å². The van der Waals surface area contributed by atoms with Gasteiger partial charge in [0.2, 0.25) is 0 Å². The first-order valence-corrected chi connectivity index (χ1v) is 12.0. The van der Waals surface area contributed by atoms with Crippen LogP contribution in [0.5, 0.6) is 5.75 Å². The van der Waals surface area contributed by atoms with E-state index < -0.39 is 11.7 Å². The molecule has 0 saturated carbocycles. The first kappa shape index (κ1) is 25.1. The van der Waals surface area contributed by atoms with Gasteiger partial charge in [-0.05, 0) is 80.6 Å². The average Bonchev–Trinajstić information content (AvgIpc) is 3.44. The van der Waals surface area contributed by atoms with Crippen molar-refractivity contribution in [2.45, 2.75) is 64.3 Å². The number of likely N-dealkylation sites (tertiary alicyclic amines) is 2. The van der Waals surface area contributed by atoms with Crippen molar-refractivity contribution in [3.63, 3.8) is 0 Å². The molecule has 8 heteroatoms. The number of unbranched alkanes of at least 4 members (excludes halogenated alkanes) is 1. The Balaban J connectivity index is 1.41. The summed E-state index contributed by atoms with van der Waals surface area (Å²) in [6.07, 6.45) is -2.37. The van der Waals surface area contributed by atoms with E-state index in [2.05, 4.69) is 30.9 Å². The van der Waals surface area contributed by atoms with Gasteiger partial charge >= 0.3 is 6.18 Å². The molecular weight excluding hydrogens is 455 g/mol. The maximum atomic E-state index is 13.0. The fraction of sp³-hybridized carbons (Fsp3) is 0.481. The Hall–Kier alpha value is -3.05. The number of amides is 1. The van der Waals surface area contributed by atoms with E-state index in [0.29, 0.717) is 31.6 Å². The molecule has 186 valence electrons. The lowest BCUT2D eigenvalue weighted by molar-refractivity contribution is -0.137. The summed E-state index contributed by atoms with van der Waals surface area (Å²) in [6.45, 7) is 8.15. The fourth-order valence-corrected chi connectivity index (χ4v) is 5.33. The number of rotatable bonds is 7. The van der Waals surface area contributed by atoms with E-state index in [9.17, 15) is 18.0 Å². The van der Waals surface area contributed by atoms with Gasteiger partial charge in [0, 0.05) is 43.2 Å². The van der Waals surface area contributed by atoms with Crippen molar-refractivity contribution in [2.75, 3.05) is 19.7 Å². The number of piperazine rings is 1. The lowest BCUT2D eigenvalue weighted by Crippen LogP contribution is -2.49. The summed E-state index contributed by atoms with van der Waals surface area (Å²) < 4.78 is 44.4. The normalized spacial score (nSPS) is 20.7. The fourth-order valence-electron chi connectivity index (χ4n) is 5.33. The highest BCUT2D eigenvalue weighted by atomic mass is 19.4. The third kappa shape index (κ3) is 5.01. The lowest BCUT2D eigenvalue weighted by Gasteiger charge is -2.38. The van der Waals surface area contributed by atoms with Gasteiger partial charge in [0.05, 0.1) is 18.2 Å². The van der Waals surface area contributed by atoms with Gasteiger partial charge in [0.25, 0.3) is 5.91 Å².